The summed E-state index contributed by atoms with van der Waals surface area (Å²) >= 11 is 0. The van der Waals surface area contributed by atoms with Crippen molar-refractivity contribution in [1.29, 1.82) is 0 Å². The van der Waals surface area contributed by atoms with Crippen LogP contribution < -0.4 is 0 Å². The van der Waals surface area contributed by atoms with Crippen LogP contribution >= 0.6 is 0 Å². The number of carboxylic acid groups (broad SMARTS) is 1. The number of aliphatic carboxylic acids is 1. The number of aromatic amines is 1. The quantitative estimate of drug-likeness (QED) is 0.694. The van der Waals surface area contributed by atoms with Gasteiger partial charge in [-0.15, -0.1) is 0 Å². The first-order chi connectivity index (χ1) is 10.6. The zero-order valence-corrected chi connectivity index (χ0v) is 12.1. The molecular weight excluding hydrogens is 274 g/mol. The average molecular weight is 291 g/mol. The Hall–Kier alpha value is -2.81. The minimum absolute atomic E-state index is 0.204. The first kappa shape index (κ1) is 14.1. The smallest absolute Gasteiger partial charge is 0.331 e. The van der Waals surface area contributed by atoms with Crippen molar-refractivity contribution in [3.05, 3.63) is 84.1 Å². The van der Waals surface area contributed by atoms with E-state index in [1.807, 2.05) is 60.7 Å². The molecule has 0 radical (unpaired) electrons. The Kier molecular flexibility index (Phi) is 3.79. The zero-order valence-electron chi connectivity index (χ0n) is 12.1. The number of hydrogen-bond acceptors (Lipinski definition) is 1. The number of carboxylic acids is 1. The number of fused-ring (bicyclic) bond motifs is 1. The van der Waals surface area contributed by atoms with Gasteiger partial charge in [0.05, 0.1) is 0 Å². The van der Waals surface area contributed by atoms with Gasteiger partial charge in [-0.1, -0.05) is 55.1 Å². The van der Waals surface area contributed by atoms with E-state index in [1.54, 1.807) is 0 Å². The summed E-state index contributed by atoms with van der Waals surface area (Å²) in [5.41, 5.74) is 3.19. The third kappa shape index (κ3) is 2.79. The van der Waals surface area contributed by atoms with E-state index in [0.29, 0.717) is 6.42 Å². The molecule has 0 aliphatic rings. The molecule has 22 heavy (non-hydrogen) atoms. The van der Waals surface area contributed by atoms with Gasteiger partial charge in [-0.3, -0.25) is 0 Å². The van der Waals surface area contributed by atoms with E-state index in [2.05, 4.69) is 11.6 Å². The summed E-state index contributed by atoms with van der Waals surface area (Å²) in [7, 11) is 0. The maximum atomic E-state index is 11.4. The summed E-state index contributed by atoms with van der Waals surface area (Å²) in [5, 5.41) is 10.4. The highest BCUT2D eigenvalue weighted by Gasteiger charge is 2.22. The molecule has 1 atom stereocenters. The normalized spacial score (nSPS) is 12.2. The van der Waals surface area contributed by atoms with E-state index < -0.39 is 5.97 Å². The van der Waals surface area contributed by atoms with Crippen molar-refractivity contribution in [2.45, 2.75) is 12.3 Å². The molecule has 0 spiro atoms. The molecule has 1 heterocycles. The summed E-state index contributed by atoms with van der Waals surface area (Å²) in [6.45, 7) is 3.78. The monoisotopic (exact) mass is 291 g/mol. The lowest BCUT2D eigenvalue weighted by Gasteiger charge is -2.16. The standard InChI is InChI=1S/C19H17NO2/c1-13(19(21)22)16(11-14-7-3-2-4-8-14)18-12-15-9-5-6-10-17(15)20-18/h2-10,12,16,20H,1,11H2,(H,21,22). The fourth-order valence-corrected chi connectivity index (χ4v) is 2.70. The minimum atomic E-state index is -0.959. The molecule has 3 rings (SSSR count). The number of H-pyrrole nitrogens is 1. The van der Waals surface area contributed by atoms with Crippen LogP contribution in [0.25, 0.3) is 10.9 Å². The highest BCUT2D eigenvalue weighted by atomic mass is 16.4. The Balaban J connectivity index is 2.00. The van der Waals surface area contributed by atoms with Gasteiger partial charge in [-0.05, 0) is 29.5 Å². The second kappa shape index (κ2) is 5.90. The number of para-hydroxylation sites is 1. The maximum Gasteiger partial charge on any atom is 0.331 e. The van der Waals surface area contributed by atoms with Crippen LogP contribution in [-0.2, 0) is 11.2 Å². The fourth-order valence-electron chi connectivity index (χ4n) is 2.70. The van der Waals surface area contributed by atoms with E-state index >= 15 is 0 Å². The van der Waals surface area contributed by atoms with E-state index in [-0.39, 0.29) is 11.5 Å². The summed E-state index contributed by atoms with van der Waals surface area (Å²) in [5.74, 6) is -1.23. The van der Waals surface area contributed by atoms with E-state index in [9.17, 15) is 9.90 Å². The topological polar surface area (TPSA) is 53.1 Å². The second-order valence-electron chi connectivity index (χ2n) is 5.38. The SMILES string of the molecule is C=C(C(=O)O)C(Cc1ccccc1)c1cc2ccccc2[nH]1. The van der Waals surface area contributed by atoms with Gasteiger partial charge >= 0.3 is 5.97 Å². The molecule has 0 amide bonds. The van der Waals surface area contributed by atoms with Gasteiger partial charge in [0.1, 0.15) is 0 Å². The third-order valence-electron chi connectivity index (χ3n) is 3.90. The molecule has 0 saturated heterocycles. The lowest BCUT2D eigenvalue weighted by molar-refractivity contribution is -0.132. The van der Waals surface area contributed by atoms with E-state index in [1.165, 1.54) is 0 Å². The molecule has 0 saturated carbocycles. The Labute approximate surface area is 128 Å². The van der Waals surface area contributed by atoms with Crippen molar-refractivity contribution in [1.82, 2.24) is 4.98 Å². The molecule has 0 fully saturated rings. The molecule has 0 aliphatic carbocycles. The van der Waals surface area contributed by atoms with Crippen LogP contribution in [-0.4, -0.2) is 16.1 Å². The van der Waals surface area contributed by atoms with Gasteiger partial charge in [-0.25, -0.2) is 4.79 Å². The molecule has 3 aromatic rings. The lowest BCUT2D eigenvalue weighted by atomic mass is 9.90. The van der Waals surface area contributed by atoms with Crippen molar-refractivity contribution >= 4 is 16.9 Å². The lowest BCUT2D eigenvalue weighted by Crippen LogP contribution is -2.13. The van der Waals surface area contributed by atoms with Crippen LogP contribution in [0.4, 0.5) is 0 Å². The summed E-state index contributed by atoms with van der Waals surface area (Å²) < 4.78 is 0. The van der Waals surface area contributed by atoms with Gasteiger partial charge in [0.25, 0.3) is 0 Å². The fraction of sp³-hybridized carbons (Fsp3) is 0.105. The van der Waals surface area contributed by atoms with Gasteiger partial charge in [0, 0.05) is 22.7 Å². The summed E-state index contributed by atoms with van der Waals surface area (Å²) in [4.78, 5) is 14.7. The molecule has 0 bridgehead atoms. The highest BCUT2D eigenvalue weighted by Crippen LogP contribution is 2.29. The predicted molar refractivity (Wildman–Crippen MR) is 88.0 cm³/mol. The molecule has 2 N–H and O–H groups in total. The minimum Gasteiger partial charge on any atom is -0.478 e. The van der Waals surface area contributed by atoms with Crippen LogP contribution in [0.2, 0.25) is 0 Å². The first-order valence-electron chi connectivity index (χ1n) is 7.19. The second-order valence-corrected chi connectivity index (χ2v) is 5.38. The Morgan fingerprint density at radius 3 is 2.45 bits per heavy atom. The Morgan fingerprint density at radius 1 is 1.09 bits per heavy atom. The van der Waals surface area contributed by atoms with Gasteiger partial charge in [0.15, 0.2) is 0 Å². The number of benzene rings is 2. The molecule has 2 aromatic carbocycles. The van der Waals surface area contributed by atoms with Crippen molar-refractivity contribution in [3.8, 4) is 0 Å². The Morgan fingerprint density at radius 2 is 1.77 bits per heavy atom. The molecule has 0 aliphatic heterocycles. The van der Waals surface area contributed by atoms with Gasteiger partial charge in [0.2, 0.25) is 0 Å². The summed E-state index contributed by atoms with van der Waals surface area (Å²) in [6, 6.07) is 19.8. The highest BCUT2D eigenvalue weighted by molar-refractivity contribution is 5.88. The van der Waals surface area contributed by atoms with Crippen LogP contribution in [0.1, 0.15) is 17.2 Å². The van der Waals surface area contributed by atoms with Crippen molar-refractivity contribution in [2.75, 3.05) is 0 Å². The van der Waals surface area contributed by atoms with Gasteiger partial charge in [-0.2, -0.15) is 0 Å². The van der Waals surface area contributed by atoms with E-state index in [4.69, 9.17) is 0 Å². The number of aromatic nitrogens is 1. The van der Waals surface area contributed by atoms with Crippen molar-refractivity contribution in [2.24, 2.45) is 0 Å². The number of rotatable bonds is 5. The first-order valence-corrected chi connectivity index (χ1v) is 7.19. The van der Waals surface area contributed by atoms with Crippen LogP contribution in [0.5, 0.6) is 0 Å². The molecule has 3 heteroatoms. The average Bonchev–Trinajstić information content (AvgIpc) is 2.96. The molecule has 1 aromatic heterocycles. The van der Waals surface area contributed by atoms with Crippen LogP contribution in [0.15, 0.2) is 72.8 Å². The summed E-state index contributed by atoms with van der Waals surface area (Å²) in [6.07, 6.45) is 0.610. The van der Waals surface area contributed by atoms with Gasteiger partial charge < -0.3 is 10.1 Å². The van der Waals surface area contributed by atoms with E-state index in [0.717, 1.165) is 22.2 Å². The van der Waals surface area contributed by atoms with Crippen LogP contribution in [0, 0.1) is 0 Å². The molecular formula is C19H17NO2. The zero-order chi connectivity index (χ0) is 15.5. The number of hydrogen-bond donors (Lipinski definition) is 2. The third-order valence-corrected chi connectivity index (χ3v) is 3.90. The molecule has 1 unspecified atom stereocenters. The van der Waals surface area contributed by atoms with Crippen molar-refractivity contribution in [3.63, 3.8) is 0 Å². The number of nitrogens with one attached hydrogen (secondary N) is 1. The maximum absolute atomic E-state index is 11.4. The number of carbonyl (C=O) groups is 1. The van der Waals surface area contributed by atoms with Crippen molar-refractivity contribution < 1.29 is 9.90 Å². The predicted octanol–water partition coefficient (Wildman–Crippen LogP) is 4.14. The largest absolute Gasteiger partial charge is 0.478 e. The molecule has 3 nitrogen and oxygen atoms in total. The Bertz CT molecular complexity index is 785. The van der Waals surface area contributed by atoms with Crippen LogP contribution in [0.3, 0.4) is 0 Å². The molecule has 110 valence electrons.